The summed E-state index contributed by atoms with van der Waals surface area (Å²) in [4.78, 5) is 2.47. The van der Waals surface area contributed by atoms with Gasteiger partial charge in [0.15, 0.2) is 0 Å². The van der Waals surface area contributed by atoms with E-state index in [-0.39, 0.29) is 0 Å². The Labute approximate surface area is 103 Å². The van der Waals surface area contributed by atoms with Crippen LogP contribution in [0.2, 0.25) is 0 Å². The zero-order valence-electron chi connectivity index (χ0n) is 10.5. The van der Waals surface area contributed by atoms with Crippen LogP contribution < -0.4 is 4.90 Å². The zero-order valence-corrected chi connectivity index (χ0v) is 10.5. The molecule has 0 spiro atoms. The highest BCUT2D eigenvalue weighted by molar-refractivity contribution is 5.50. The van der Waals surface area contributed by atoms with Crippen LogP contribution in [-0.2, 0) is 5.60 Å². The van der Waals surface area contributed by atoms with Crippen LogP contribution in [0.3, 0.4) is 0 Å². The Balaban J connectivity index is 1.80. The summed E-state index contributed by atoms with van der Waals surface area (Å²) in [6.45, 7) is 3.46. The normalized spacial score (nSPS) is 26.9. The van der Waals surface area contributed by atoms with E-state index in [4.69, 9.17) is 0 Å². The Morgan fingerprint density at radius 2 is 1.88 bits per heavy atom. The molecule has 0 amide bonds. The van der Waals surface area contributed by atoms with Gasteiger partial charge >= 0.3 is 0 Å². The highest BCUT2D eigenvalue weighted by Gasteiger charge is 2.36. The van der Waals surface area contributed by atoms with Crippen molar-refractivity contribution in [3.8, 4) is 0 Å². The zero-order chi connectivity index (χ0) is 11.9. The summed E-state index contributed by atoms with van der Waals surface area (Å²) in [6.07, 6.45) is 5.60. The molecule has 1 N–H and O–H groups in total. The maximum absolute atomic E-state index is 10.3. The number of aliphatic hydroxyl groups is 1. The second-order valence-corrected chi connectivity index (χ2v) is 5.62. The fourth-order valence-corrected chi connectivity index (χ4v) is 3.08. The molecule has 1 saturated carbocycles. The number of hydrogen-bond acceptors (Lipinski definition) is 2. The molecule has 1 heterocycles. The van der Waals surface area contributed by atoms with Crippen LogP contribution >= 0.6 is 0 Å². The molecule has 2 nitrogen and oxygen atoms in total. The summed E-state index contributed by atoms with van der Waals surface area (Å²) in [6, 6.07) is 9.23. The molecule has 2 aliphatic rings. The van der Waals surface area contributed by atoms with Crippen LogP contribution in [0.15, 0.2) is 24.3 Å². The first-order valence-corrected chi connectivity index (χ1v) is 6.79. The Bertz CT molecular complexity index is 394. The van der Waals surface area contributed by atoms with Crippen LogP contribution in [0.4, 0.5) is 5.69 Å². The molecule has 1 aliphatic heterocycles. The molecule has 92 valence electrons. The average molecular weight is 231 g/mol. The molecule has 1 aromatic carbocycles. The Morgan fingerprint density at radius 3 is 2.35 bits per heavy atom. The van der Waals surface area contributed by atoms with E-state index < -0.39 is 5.60 Å². The molecule has 3 rings (SSSR count). The maximum atomic E-state index is 10.3. The molecule has 2 heteroatoms. The number of anilines is 1. The van der Waals surface area contributed by atoms with Crippen LogP contribution in [-0.4, -0.2) is 17.7 Å². The van der Waals surface area contributed by atoms with Crippen molar-refractivity contribution in [1.29, 1.82) is 0 Å². The standard InChI is InChI=1S/C15H21NO/c1-12-4-2-11-16(12)14-7-5-13(6-8-14)15(17)9-3-10-15/h5-8,12,17H,2-4,9-11H2,1H3. The number of rotatable bonds is 2. The largest absolute Gasteiger partial charge is 0.385 e. The Kier molecular flexibility index (Phi) is 2.62. The topological polar surface area (TPSA) is 23.5 Å². The van der Waals surface area contributed by atoms with E-state index in [9.17, 15) is 5.11 Å². The number of nitrogens with zero attached hydrogens (tertiary/aromatic N) is 1. The number of hydrogen-bond donors (Lipinski definition) is 1. The molecule has 1 saturated heterocycles. The van der Waals surface area contributed by atoms with Crippen molar-refractivity contribution in [2.45, 2.75) is 50.7 Å². The molecule has 1 unspecified atom stereocenters. The summed E-state index contributed by atoms with van der Waals surface area (Å²) in [5.41, 5.74) is 1.89. The smallest absolute Gasteiger partial charge is 0.0896 e. The lowest BCUT2D eigenvalue weighted by Gasteiger charge is -2.37. The lowest BCUT2D eigenvalue weighted by atomic mass is 9.75. The van der Waals surface area contributed by atoms with Crippen molar-refractivity contribution in [1.82, 2.24) is 0 Å². The fourth-order valence-electron chi connectivity index (χ4n) is 3.08. The van der Waals surface area contributed by atoms with Crippen molar-refractivity contribution >= 4 is 5.69 Å². The minimum atomic E-state index is -0.519. The van der Waals surface area contributed by atoms with Crippen LogP contribution in [0.1, 0.15) is 44.6 Å². The monoisotopic (exact) mass is 231 g/mol. The summed E-state index contributed by atoms with van der Waals surface area (Å²) in [7, 11) is 0. The van der Waals surface area contributed by atoms with E-state index in [1.165, 1.54) is 25.1 Å². The van der Waals surface area contributed by atoms with Gasteiger partial charge in [-0.25, -0.2) is 0 Å². The maximum Gasteiger partial charge on any atom is 0.0896 e. The predicted octanol–water partition coefficient (Wildman–Crippen LogP) is 3.05. The summed E-state index contributed by atoms with van der Waals surface area (Å²) in [5.74, 6) is 0. The predicted molar refractivity (Wildman–Crippen MR) is 70.2 cm³/mol. The molecular weight excluding hydrogens is 210 g/mol. The summed E-state index contributed by atoms with van der Waals surface area (Å²) >= 11 is 0. The minimum absolute atomic E-state index is 0.519. The van der Waals surface area contributed by atoms with E-state index >= 15 is 0 Å². The highest BCUT2D eigenvalue weighted by atomic mass is 16.3. The molecule has 0 bridgehead atoms. The molecule has 2 fully saturated rings. The van der Waals surface area contributed by atoms with E-state index in [0.29, 0.717) is 6.04 Å². The molecular formula is C15H21NO. The van der Waals surface area contributed by atoms with E-state index in [0.717, 1.165) is 24.8 Å². The van der Waals surface area contributed by atoms with Gasteiger partial charge in [-0.05, 0) is 56.7 Å². The van der Waals surface area contributed by atoms with Crippen molar-refractivity contribution in [3.63, 3.8) is 0 Å². The molecule has 17 heavy (non-hydrogen) atoms. The molecule has 1 aliphatic carbocycles. The van der Waals surface area contributed by atoms with Crippen LogP contribution in [0.25, 0.3) is 0 Å². The summed E-state index contributed by atoms with van der Waals surface area (Å²) < 4.78 is 0. The first kappa shape index (κ1) is 11.1. The lowest BCUT2D eigenvalue weighted by Crippen LogP contribution is -2.33. The SMILES string of the molecule is CC1CCCN1c1ccc(C2(O)CCC2)cc1. The van der Waals surface area contributed by atoms with Crippen LogP contribution in [0.5, 0.6) is 0 Å². The van der Waals surface area contributed by atoms with Crippen molar-refractivity contribution in [2.75, 3.05) is 11.4 Å². The van der Waals surface area contributed by atoms with Crippen molar-refractivity contribution < 1.29 is 5.11 Å². The van der Waals surface area contributed by atoms with E-state index in [2.05, 4.69) is 36.1 Å². The van der Waals surface area contributed by atoms with Gasteiger partial charge in [0.1, 0.15) is 0 Å². The molecule has 0 radical (unpaired) electrons. The van der Waals surface area contributed by atoms with Gasteiger partial charge in [0, 0.05) is 18.3 Å². The quantitative estimate of drug-likeness (QED) is 0.845. The molecule has 1 aromatic rings. The fraction of sp³-hybridized carbons (Fsp3) is 0.600. The third-order valence-electron chi connectivity index (χ3n) is 4.47. The Hall–Kier alpha value is -1.02. The van der Waals surface area contributed by atoms with Gasteiger partial charge in [-0.2, -0.15) is 0 Å². The van der Waals surface area contributed by atoms with Gasteiger partial charge in [0.25, 0.3) is 0 Å². The van der Waals surface area contributed by atoms with Gasteiger partial charge in [0.05, 0.1) is 5.60 Å². The van der Waals surface area contributed by atoms with Gasteiger partial charge in [-0.1, -0.05) is 12.1 Å². The molecule has 1 atom stereocenters. The Morgan fingerprint density at radius 1 is 1.18 bits per heavy atom. The highest BCUT2D eigenvalue weighted by Crippen LogP contribution is 2.41. The number of benzene rings is 1. The minimum Gasteiger partial charge on any atom is -0.385 e. The first-order valence-electron chi connectivity index (χ1n) is 6.79. The van der Waals surface area contributed by atoms with Gasteiger partial charge < -0.3 is 10.0 Å². The van der Waals surface area contributed by atoms with Gasteiger partial charge in [-0.15, -0.1) is 0 Å². The van der Waals surface area contributed by atoms with Crippen molar-refractivity contribution in [3.05, 3.63) is 29.8 Å². The van der Waals surface area contributed by atoms with E-state index in [1.807, 2.05) is 0 Å². The van der Waals surface area contributed by atoms with Gasteiger partial charge in [-0.3, -0.25) is 0 Å². The lowest BCUT2D eigenvalue weighted by molar-refractivity contribution is -0.0387. The second kappa shape index (κ2) is 4.02. The third kappa shape index (κ3) is 1.85. The molecule has 0 aromatic heterocycles. The summed E-state index contributed by atoms with van der Waals surface area (Å²) in [5, 5.41) is 10.3. The third-order valence-corrected chi connectivity index (χ3v) is 4.47. The van der Waals surface area contributed by atoms with Crippen LogP contribution in [0, 0.1) is 0 Å². The second-order valence-electron chi connectivity index (χ2n) is 5.62. The average Bonchev–Trinajstić information content (AvgIpc) is 2.73. The van der Waals surface area contributed by atoms with Gasteiger partial charge in [0.2, 0.25) is 0 Å². The van der Waals surface area contributed by atoms with E-state index in [1.54, 1.807) is 0 Å². The van der Waals surface area contributed by atoms with Crippen molar-refractivity contribution in [2.24, 2.45) is 0 Å². The first-order chi connectivity index (χ1) is 8.19.